The smallest absolute Gasteiger partial charge is 0.274 e. The lowest BCUT2D eigenvalue weighted by molar-refractivity contribution is -0.385. The number of benzene rings is 1. The Hall–Kier alpha value is -1.13. The molecule has 1 N–H and O–H groups in total. The van der Waals surface area contributed by atoms with Crippen LogP contribution in [0.15, 0.2) is 18.2 Å². The normalized spacial score (nSPS) is 16.6. The Bertz CT molecular complexity index is 447. The number of likely N-dealkylation sites (N-methyl/N-ethyl adjacent to an activating group) is 1. The molecule has 1 aliphatic carbocycles. The summed E-state index contributed by atoms with van der Waals surface area (Å²) in [5.74, 6) is 0.667. The topological polar surface area (TPSA) is 55.2 Å². The Balaban J connectivity index is 2.18. The van der Waals surface area contributed by atoms with Crippen molar-refractivity contribution in [3.8, 4) is 0 Å². The molecule has 1 fully saturated rings. The molecule has 0 spiro atoms. The molecule has 2 rings (SSSR count). The lowest BCUT2D eigenvalue weighted by Crippen LogP contribution is -2.33. The standard InChI is InChI=1S/C13H17ClN2O2/c1-2-15-12(9-3-4-9)7-10-5-6-11(14)8-13(10)16(17)18/h5-6,8-9,12,15H,2-4,7H2,1H3. The van der Waals surface area contributed by atoms with E-state index in [1.165, 1.54) is 18.9 Å². The lowest BCUT2D eigenvalue weighted by Gasteiger charge is -2.17. The Morgan fingerprint density at radius 1 is 1.56 bits per heavy atom. The number of hydrogen-bond acceptors (Lipinski definition) is 3. The van der Waals surface area contributed by atoms with Gasteiger partial charge >= 0.3 is 0 Å². The van der Waals surface area contributed by atoms with Gasteiger partial charge in [0.25, 0.3) is 5.69 Å². The van der Waals surface area contributed by atoms with E-state index in [9.17, 15) is 10.1 Å². The molecule has 0 aliphatic heterocycles. The number of nitro groups is 1. The molecule has 98 valence electrons. The first kappa shape index (κ1) is 13.3. The zero-order chi connectivity index (χ0) is 13.1. The summed E-state index contributed by atoms with van der Waals surface area (Å²) in [4.78, 5) is 10.7. The molecule has 1 aliphatic rings. The van der Waals surface area contributed by atoms with Crippen molar-refractivity contribution < 1.29 is 4.92 Å². The van der Waals surface area contributed by atoms with Crippen LogP contribution in [0.1, 0.15) is 25.3 Å². The fraction of sp³-hybridized carbons (Fsp3) is 0.538. The van der Waals surface area contributed by atoms with E-state index in [-0.39, 0.29) is 10.6 Å². The van der Waals surface area contributed by atoms with Gasteiger partial charge in [-0.1, -0.05) is 24.6 Å². The lowest BCUT2D eigenvalue weighted by atomic mass is 10.0. The van der Waals surface area contributed by atoms with E-state index in [1.807, 2.05) is 0 Å². The molecule has 5 heteroatoms. The SMILES string of the molecule is CCNC(Cc1ccc(Cl)cc1[N+](=O)[O-])C1CC1. The van der Waals surface area contributed by atoms with Crippen LogP contribution in [-0.2, 0) is 6.42 Å². The Labute approximate surface area is 111 Å². The third-order valence-corrected chi connectivity index (χ3v) is 3.58. The van der Waals surface area contributed by atoms with Crippen molar-refractivity contribution in [3.05, 3.63) is 38.9 Å². The molecule has 0 saturated heterocycles. The molecule has 0 amide bonds. The van der Waals surface area contributed by atoms with Gasteiger partial charge in [0.1, 0.15) is 0 Å². The molecule has 1 saturated carbocycles. The molecule has 1 aromatic carbocycles. The number of nitro benzene ring substituents is 1. The summed E-state index contributed by atoms with van der Waals surface area (Å²) in [6.07, 6.45) is 3.14. The fourth-order valence-electron chi connectivity index (χ4n) is 2.28. The largest absolute Gasteiger partial charge is 0.314 e. The third kappa shape index (κ3) is 3.21. The highest BCUT2D eigenvalue weighted by molar-refractivity contribution is 6.30. The van der Waals surface area contributed by atoms with Gasteiger partial charge < -0.3 is 5.32 Å². The van der Waals surface area contributed by atoms with E-state index in [0.29, 0.717) is 23.4 Å². The van der Waals surface area contributed by atoms with Gasteiger partial charge in [0.05, 0.1) is 4.92 Å². The number of rotatable bonds is 6. The molecule has 0 radical (unpaired) electrons. The van der Waals surface area contributed by atoms with Gasteiger partial charge in [-0.15, -0.1) is 0 Å². The molecule has 0 bridgehead atoms. The summed E-state index contributed by atoms with van der Waals surface area (Å²) >= 11 is 5.81. The Morgan fingerprint density at radius 3 is 2.83 bits per heavy atom. The van der Waals surface area contributed by atoms with Crippen LogP contribution >= 0.6 is 11.6 Å². The summed E-state index contributed by atoms with van der Waals surface area (Å²) in [5.41, 5.74) is 0.897. The molecule has 4 nitrogen and oxygen atoms in total. The monoisotopic (exact) mass is 268 g/mol. The van der Waals surface area contributed by atoms with Crippen LogP contribution in [0.3, 0.4) is 0 Å². The van der Waals surface area contributed by atoms with Crippen molar-refractivity contribution in [2.45, 2.75) is 32.2 Å². The van der Waals surface area contributed by atoms with Crippen LogP contribution in [0.4, 0.5) is 5.69 Å². The zero-order valence-corrected chi connectivity index (χ0v) is 11.1. The second-order valence-electron chi connectivity index (χ2n) is 4.74. The first-order valence-corrected chi connectivity index (χ1v) is 6.65. The van der Waals surface area contributed by atoms with E-state index in [2.05, 4.69) is 12.2 Å². The highest BCUT2D eigenvalue weighted by Crippen LogP contribution is 2.35. The summed E-state index contributed by atoms with van der Waals surface area (Å²) in [6, 6.07) is 5.27. The van der Waals surface area contributed by atoms with Crippen LogP contribution in [0.2, 0.25) is 5.02 Å². The first-order valence-electron chi connectivity index (χ1n) is 6.28. The molecular formula is C13H17ClN2O2. The van der Waals surface area contributed by atoms with Crippen LogP contribution < -0.4 is 5.32 Å². The molecule has 1 aromatic rings. The van der Waals surface area contributed by atoms with Gasteiger partial charge in [-0.2, -0.15) is 0 Å². The van der Waals surface area contributed by atoms with Crippen molar-refractivity contribution in [1.82, 2.24) is 5.32 Å². The Morgan fingerprint density at radius 2 is 2.28 bits per heavy atom. The average molecular weight is 269 g/mol. The second kappa shape index (κ2) is 5.67. The van der Waals surface area contributed by atoms with Gasteiger partial charge in [-0.05, 0) is 37.8 Å². The fourth-order valence-corrected chi connectivity index (χ4v) is 2.45. The van der Waals surface area contributed by atoms with E-state index < -0.39 is 0 Å². The van der Waals surface area contributed by atoms with Gasteiger partial charge in [-0.3, -0.25) is 10.1 Å². The van der Waals surface area contributed by atoms with Gasteiger partial charge in [0.15, 0.2) is 0 Å². The van der Waals surface area contributed by atoms with E-state index >= 15 is 0 Å². The van der Waals surface area contributed by atoms with Crippen molar-refractivity contribution in [3.63, 3.8) is 0 Å². The first-order chi connectivity index (χ1) is 8.61. The minimum atomic E-state index is -0.350. The highest BCUT2D eigenvalue weighted by atomic mass is 35.5. The van der Waals surface area contributed by atoms with Crippen molar-refractivity contribution in [2.24, 2.45) is 5.92 Å². The molecule has 1 atom stereocenters. The summed E-state index contributed by atoms with van der Waals surface area (Å²) in [7, 11) is 0. The van der Waals surface area contributed by atoms with Crippen LogP contribution in [0.25, 0.3) is 0 Å². The third-order valence-electron chi connectivity index (χ3n) is 3.34. The predicted octanol–water partition coefficient (Wildman–Crippen LogP) is 3.18. The summed E-state index contributed by atoms with van der Waals surface area (Å²) in [6.45, 7) is 2.95. The number of hydrogen-bond donors (Lipinski definition) is 1. The maximum absolute atomic E-state index is 11.0. The zero-order valence-electron chi connectivity index (χ0n) is 10.4. The molecule has 0 aromatic heterocycles. The van der Waals surface area contributed by atoms with Gasteiger partial charge in [0.2, 0.25) is 0 Å². The number of nitrogens with one attached hydrogen (secondary N) is 1. The molecule has 18 heavy (non-hydrogen) atoms. The number of nitrogens with zero attached hydrogens (tertiary/aromatic N) is 1. The van der Waals surface area contributed by atoms with Gasteiger partial charge in [0, 0.05) is 22.7 Å². The van der Waals surface area contributed by atoms with Crippen LogP contribution in [0.5, 0.6) is 0 Å². The molecule has 1 unspecified atom stereocenters. The maximum atomic E-state index is 11.0. The van der Waals surface area contributed by atoms with Gasteiger partial charge in [-0.25, -0.2) is 0 Å². The maximum Gasteiger partial charge on any atom is 0.274 e. The minimum Gasteiger partial charge on any atom is -0.314 e. The minimum absolute atomic E-state index is 0.131. The van der Waals surface area contributed by atoms with E-state index in [0.717, 1.165) is 12.1 Å². The van der Waals surface area contributed by atoms with Crippen molar-refractivity contribution >= 4 is 17.3 Å². The highest BCUT2D eigenvalue weighted by Gasteiger charge is 2.32. The molecule has 0 heterocycles. The van der Waals surface area contributed by atoms with Crippen LogP contribution in [-0.4, -0.2) is 17.5 Å². The van der Waals surface area contributed by atoms with E-state index in [1.54, 1.807) is 12.1 Å². The summed E-state index contributed by atoms with van der Waals surface area (Å²) < 4.78 is 0. The number of halogens is 1. The quantitative estimate of drug-likeness (QED) is 0.637. The van der Waals surface area contributed by atoms with E-state index in [4.69, 9.17) is 11.6 Å². The second-order valence-corrected chi connectivity index (χ2v) is 5.17. The van der Waals surface area contributed by atoms with Crippen molar-refractivity contribution in [2.75, 3.05) is 6.54 Å². The molecular weight excluding hydrogens is 252 g/mol. The predicted molar refractivity (Wildman–Crippen MR) is 72.0 cm³/mol. The summed E-state index contributed by atoms with van der Waals surface area (Å²) in [5, 5.41) is 14.9. The Kier molecular flexibility index (Phi) is 4.19. The van der Waals surface area contributed by atoms with Crippen LogP contribution in [0, 0.1) is 16.0 Å². The average Bonchev–Trinajstić information content (AvgIpc) is 3.14. The van der Waals surface area contributed by atoms with Crippen molar-refractivity contribution in [1.29, 1.82) is 0 Å².